The van der Waals surface area contributed by atoms with Gasteiger partial charge in [0, 0.05) is 41.8 Å². The number of hydrogen-bond donors (Lipinski definition) is 1. The number of anilines is 1. The summed E-state index contributed by atoms with van der Waals surface area (Å²) in [7, 11) is 0. The maximum absolute atomic E-state index is 12.8. The van der Waals surface area contributed by atoms with Gasteiger partial charge in [-0.25, -0.2) is 0 Å². The van der Waals surface area contributed by atoms with Crippen LogP contribution in [0, 0.1) is 0 Å². The average molecular weight is 392 g/mol. The third kappa shape index (κ3) is 3.75. The Balaban J connectivity index is 1.45. The van der Waals surface area contributed by atoms with Gasteiger partial charge in [0.2, 0.25) is 0 Å². The quantitative estimate of drug-likeness (QED) is 0.734. The van der Waals surface area contributed by atoms with Crippen molar-refractivity contribution in [3.05, 3.63) is 94.3 Å². The molecule has 0 fully saturated rings. The lowest BCUT2D eigenvalue weighted by molar-refractivity contribution is 0.0949. The van der Waals surface area contributed by atoms with Crippen molar-refractivity contribution in [3.63, 3.8) is 0 Å². The van der Waals surface area contributed by atoms with E-state index in [1.807, 2.05) is 18.2 Å². The van der Waals surface area contributed by atoms with Crippen molar-refractivity contribution in [2.24, 2.45) is 0 Å². The van der Waals surface area contributed by atoms with Crippen molar-refractivity contribution in [2.75, 3.05) is 11.4 Å². The van der Waals surface area contributed by atoms with Gasteiger partial charge < -0.3 is 10.2 Å². The molecule has 4 rings (SSSR count). The first-order chi connectivity index (χ1) is 13.6. The van der Waals surface area contributed by atoms with E-state index >= 15 is 0 Å². The van der Waals surface area contributed by atoms with Gasteiger partial charge in [0.1, 0.15) is 0 Å². The molecule has 0 atom stereocenters. The van der Waals surface area contributed by atoms with Crippen LogP contribution in [0.15, 0.2) is 67.0 Å². The Hall–Kier alpha value is -3.18. The number of hydrogen-bond acceptors (Lipinski definition) is 3. The minimum atomic E-state index is -0.159. The van der Waals surface area contributed by atoms with Crippen LogP contribution in [0.25, 0.3) is 0 Å². The SMILES string of the molecule is O=C(NCc1ccc2c(c1)CCN2C(=O)c1ccc(Cl)cc1)c1cccnc1. The fourth-order valence-electron chi connectivity index (χ4n) is 3.31. The first kappa shape index (κ1) is 18.2. The molecule has 0 saturated carbocycles. The lowest BCUT2D eigenvalue weighted by Gasteiger charge is -2.18. The maximum atomic E-state index is 12.8. The molecule has 1 N–H and O–H groups in total. The van der Waals surface area contributed by atoms with Crippen molar-refractivity contribution in [3.8, 4) is 0 Å². The second-order valence-corrected chi connectivity index (χ2v) is 7.04. The molecule has 0 bridgehead atoms. The number of rotatable bonds is 4. The van der Waals surface area contributed by atoms with Gasteiger partial charge in [-0.05, 0) is 60.0 Å². The van der Waals surface area contributed by atoms with Gasteiger partial charge in [-0.3, -0.25) is 14.6 Å². The van der Waals surface area contributed by atoms with Crippen molar-refractivity contribution < 1.29 is 9.59 Å². The van der Waals surface area contributed by atoms with Crippen LogP contribution in [0.2, 0.25) is 5.02 Å². The molecule has 0 spiro atoms. The van der Waals surface area contributed by atoms with Crippen LogP contribution < -0.4 is 10.2 Å². The Kier molecular flexibility index (Phi) is 5.08. The number of amides is 2. The summed E-state index contributed by atoms with van der Waals surface area (Å²) in [5.41, 5.74) is 4.17. The number of fused-ring (bicyclic) bond motifs is 1. The second kappa shape index (κ2) is 7.82. The minimum Gasteiger partial charge on any atom is -0.348 e. The van der Waals surface area contributed by atoms with Gasteiger partial charge in [0.25, 0.3) is 11.8 Å². The summed E-state index contributed by atoms with van der Waals surface area (Å²) < 4.78 is 0. The molecule has 28 heavy (non-hydrogen) atoms. The lowest BCUT2D eigenvalue weighted by Crippen LogP contribution is -2.28. The number of halogens is 1. The maximum Gasteiger partial charge on any atom is 0.258 e. The van der Waals surface area contributed by atoms with Crippen LogP contribution in [-0.4, -0.2) is 23.3 Å². The Morgan fingerprint density at radius 1 is 1.07 bits per heavy atom. The summed E-state index contributed by atoms with van der Waals surface area (Å²) in [6.45, 7) is 1.06. The Morgan fingerprint density at radius 3 is 2.64 bits per heavy atom. The number of nitrogens with one attached hydrogen (secondary N) is 1. The van der Waals surface area contributed by atoms with Gasteiger partial charge in [-0.2, -0.15) is 0 Å². The molecular weight excluding hydrogens is 374 g/mol. The number of carbonyl (C=O) groups excluding carboxylic acids is 2. The summed E-state index contributed by atoms with van der Waals surface area (Å²) in [6, 6.07) is 16.3. The van der Waals surface area contributed by atoms with Crippen LogP contribution >= 0.6 is 11.6 Å². The largest absolute Gasteiger partial charge is 0.348 e. The van der Waals surface area contributed by atoms with Crippen molar-refractivity contribution in [2.45, 2.75) is 13.0 Å². The predicted octanol–water partition coefficient (Wildman–Crippen LogP) is 3.87. The first-order valence-corrected chi connectivity index (χ1v) is 9.37. The zero-order valence-electron chi connectivity index (χ0n) is 15.1. The zero-order valence-corrected chi connectivity index (χ0v) is 15.8. The molecule has 6 heteroatoms. The van der Waals surface area contributed by atoms with Crippen LogP contribution in [0.4, 0.5) is 5.69 Å². The Labute approximate surface area is 168 Å². The molecule has 1 aromatic heterocycles. The van der Waals surface area contributed by atoms with E-state index in [2.05, 4.69) is 10.3 Å². The lowest BCUT2D eigenvalue weighted by atomic mass is 10.1. The highest BCUT2D eigenvalue weighted by Crippen LogP contribution is 2.30. The molecular formula is C22H18ClN3O2. The molecule has 2 heterocycles. The van der Waals surface area contributed by atoms with E-state index in [0.29, 0.717) is 29.2 Å². The van der Waals surface area contributed by atoms with E-state index in [-0.39, 0.29) is 11.8 Å². The Bertz CT molecular complexity index is 1020. The Morgan fingerprint density at radius 2 is 1.89 bits per heavy atom. The van der Waals surface area contributed by atoms with Gasteiger partial charge in [0.15, 0.2) is 0 Å². The van der Waals surface area contributed by atoms with Gasteiger partial charge in [0.05, 0.1) is 5.56 Å². The fraction of sp³-hybridized carbons (Fsp3) is 0.136. The predicted molar refractivity (Wildman–Crippen MR) is 109 cm³/mol. The molecule has 3 aromatic rings. The molecule has 0 unspecified atom stereocenters. The zero-order chi connectivity index (χ0) is 19.5. The second-order valence-electron chi connectivity index (χ2n) is 6.60. The molecule has 2 aromatic carbocycles. The fourth-order valence-corrected chi connectivity index (χ4v) is 3.43. The van der Waals surface area contributed by atoms with Gasteiger partial charge in [-0.15, -0.1) is 0 Å². The van der Waals surface area contributed by atoms with E-state index in [0.717, 1.165) is 23.2 Å². The van der Waals surface area contributed by atoms with E-state index in [1.165, 1.54) is 6.20 Å². The summed E-state index contributed by atoms with van der Waals surface area (Å²) >= 11 is 5.91. The molecule has 140 valence electrons. The highest BCUT2D eigenvalue weighted by molar-refractivity contribution is 6.30. The highest BCUT2D eigenvalue weighted by atomic mass is 35.5. The first-order valence-electron chi connectivity index (χ1n) is 8.99. The number of pyridine rings is 1. The molecule has 1 aliphatic rings. The van der Waals surface area contributed by atoms with E-state index in [9.17, 15) is 9.59 Å². The summed E-state index contributed by atoms with van der Waals surface area (Å²) in [6.07, 6.45) is 3.96. The standard InChI is InChI=1S/C22H18ClN3O2/c23-19-6-4-16(5-7-19)22(28)26-11-9-17-12-15(3-8-20(17)26)13-25-21(27)18-2-1-10-24-14-18/h1-8,10,12,14H,9,11,13H2,(H,25,27). The highest BCUT2D eigenvalue weighted by Gasteiger charge is 2.25. The van der Waals surface area contributed by atoms with E-state index < -0.39 is 0 Å². The number of nitrogens with zero attached hydrogens (tertiary/aromatic N) is 2. The van der Waals surface area contributed by atoms with E-state index in [4.69, 9.17) is 11.6 Å². The van der Waals surface area contributed by atoms with Crippen molar-refractivity contribution >= 4 is 29.1 Å². The summed E-state index contributed by atoms with van der Waals surface area (Å²) in [5, 5.41) is 3.51. The molecule has 0 radical (unpaired) electrons. The molecule has 1 aliphatic heterocycles. The molecule has 2 amide bonds. The average Bonchev–Trinajstić information content (AvgIpc) is 3.16. The topological polar surface area (TPSA) is 62.3 Å². The van der Waals surface area contributed by atoms with Gasteiger partial charge in [-0.1, -0.05) is 23.7 Å². The van der Waals surface area contributed by atoms with Crippen LogP contribution in [-0.2, 0) is 13.0 Å². The number of aromatic nitrogens is 1. The molecule has 5 nitrogen and oxygen atoms in total. The molecule has 0 aliphatic carbocycles. The third-order valence-electron chi connectivity index (χ3n) is 4.75. The van der Waals surface area contributed by atoms with Crippen molar-refractivity contribution in [1.82, 2.24) is 10.3 Å². The number of carbonyl (C=O) groups is 2. The van der Waals surface area contributed by atoms with Gasteiger partial charge >= 0.3 is 0 Å². The van der Waals surface area contributed by atoms with Crippen LogP contribution in [0.5, 0.6) is 0 Å². The van der Waals surface area contributed by atoms with Crippen LogP contribution in [0.1, 0.15) is 31.8 Å². The minimum absolute atomic E-state index is 0.0342. The van der Waals surface area contributed by atoms with Crippen LogP contribution in [0.3, 0.4) is 0 Å². The molecule has 0 saturated heterocycles. The number of benzene rings is 2. The van der Waals surface area contributed by atoms with Crippen molar-refractivity contribution in [1.29, 1.82) is 0 Å². The smallest absolute Gasteiger partial charge is 0.258 e. The summed E-state index contributed by atoms with van der Waals surface area (Å²) in [4.78, 5) is 30.7. The summed E-state index contributed by atoms with van der Waals surface area (Å²) in [5.74, 6) is -0.193. The van der Waals surface area contributed by atoms with E-state index in [1.54, 1.807) is 47.5 Å². The normalized spacial score (nSPS) is 12.5. The third-order valence-corrected chi connectivity index (χ3v) is 5.00. The monoisotopic (exact) mass is 391 g/mol.